The highest BCUT2D eigenvalue weighted by Crippen LogP contribution is 2.31. The molecule has 1 amide bonds. The number of carbonyl (C=O) groups is 1. The Hall–Kier alpha value is -2.48. The summed E-state index contributed by atoms with van der Waals surface area (Å²) in [5.74, 6) is -1.47. The third-order valence-electron chi connectivity index (χ3n) is 2.67. The fourth-order valence-electron chi connectivity index (χ4n) is 1.69. The zero-order chi connectivity index (χ0) is 14.9. The fourth-order valence-corrected chi connectivity index (χ4v) is 2.36. The van der Waals surface area contributed by atoms with Gasteiger partial charge in [0.25, 0.3) is 5.91 Å². The van der Waals surface area contributed by atoms with Crippen LogP contribution in [0, 0.1) is 6.92 Å². The molecule has 0 saturated carbocycles. The van der Waals surface area contributed by atoms with Crippen molar-refractivity contribution in [2.75, 3.05) is 0 Å². The number of rotatable bonds is 3. The van der Waals surface area contributed by atoms with Gasteiger partial charge in [0.15, 0.2) is 0 Å². The maximum absolute atomic E-state index is 11.9. The van der Waals surface area contributed by atoms with Crippen molar-refractivity contribution in [1.82, 2.24) is 10.3 Å². The molecule has 0 unspecified atom stereocenters. The van der Waals surface area contributed by atoms with Crippen LogP contribution in [0.1, 0.15) is 20.9 Å². The lowest BCUT2D eigenvalue weighted by Crippen LogP contribution is -2.24. The Morgan fingerprint density at radius 3 is 2.40 bits per heavy atom. The molecule has 1 heterocycles. The number of H-pyrrole nitrogens is 1. The van der Waals surface area contributed by atoms with Crippen LogP contribution >= 0.6 is 11.3 Å². The molecule has 0 atom stereocenters. The van der Waals surface area contributed by atoms with Crippen LogP contribution in [0.4, 0.5) is 0 Å². The summed E-state index contributed by atoms with van der Waals surface area (Å²) in [6, 6.07) is 2.11. The molecule has 1 aromatic heterocycles. The van der Waals surface area contributed by atoms with E-state index in [1.165, 1.54) is 0 Å². The van der Waals surface area contributed by atoms with E-state index in [1.807, 2.05) is 0 Å². The first-order valence-corrected chi connectivity index (χ1v) is 6.42. The number of thiazole rings is 1. The van der Waals surface area contributed by atoms with Crippen molar-refractivity contribution in [2.45, 2.75) is 13.5 Å². The highest BCUT2D eigenvalue weighted by atomic mass is 32.1. The minimum atomic E-state index is -0.521. The van der Waals surface area contributed by atoms with Crippen LogP contribution in [0.3, 0.4) is 0 Å². The lowest BCUT2D eigenvalue weighted by atomic mass is 10.1. The summed E-state index contributed by atoms with van der Waals surface area (Å²) in [4.78, 5) is 25.6. The van der Waals surface area contributed by atoms with Gasteiger partial charge in [-0.2, -0.15) is 0 Å². The van der Waals surface area contributed by atoms with Gasteiger partial charge in [0.05, 0.1) is 12.1 Å². The van der Waals surface area contributed by atoms with E-state index in [0.29, 0.717) is 4.88 Å². The second-order valence-corrected chi connectivity index (χ2v) is 5.28. The maximum Gasteiger partial charge on any atom is 0.305 e. The Morgan fingerprint density at radius 1 is 1.30 bits per heavy atom. The zero-order valence-electron chi connectivity index (χ0n) is 10.4. The molecule has 20 heavy (non-hydrogen) atoms. The van der Waals surface area contributed by atoms with Crippen LogP contribution in [-0.4, -0.2) is 26.2 Å². The van der Waals surface area contributed by atoms with Gasteiger partial charge in [0, 0.05) is 17.0 Å². The summed E-state index contributed by atoms with van der Waals surface area (Å²) in [7, 11) is 0. The molecule has 0 spiro atoms. The lowest BCUT2D eigenvalue weighted by molar-refractivity contribution is 0.0945. The molecule has 1 aromatic carbocycles. The van der Waals surface area contributed by atoms with Crippen LogP contribution < -0.4 is 10.2 Å². The predicted molar refractivity (Wildman–Crippen MR) is 72.3 cm³/mol. The number of benzene rings is 1. The number of carbonyl (C=O) groups excluding carboxylic acids is 1. The number of nitrogens with one attached hydrogen (secondary N) is 2. The molecule has 0 saturated heterocycles. The number of aromatic nitrogens is 1. The van der Waals surface area contributed by atoms with Crippen molar-refractivity contribution in [3.05, 3.63) is 37.9 Å². The quantitative estimate of drug-likeness (QED) is 0.573. The first-order chi connectivity index (χ1) is 9.38. The van der Waals surface area contributed by atoms with Crippen molar-refractivity contribution in [2.24, 2.45) is 0 Å². The minimum absolute atomic E-state index is 0.0754. The summed E-state index contributed by atoms with van der Waals surface area (Å²) in [6.07, 6.45) is 0. The molecule has 0 fully saturated rings. The maximum atomic E-state index is 11.9. The van der Waals surface area contributed by atoms with Crippen LogP contribution in [0.15, 0.2) is 16.9 Å². The third kappa shape index (κ3) is 2.75. The monoisotopic (exact) mass is 296 g/mol. The molecule has 0 aliphatic carbocycles. The molecule has 8 heteroatoms. The molecular formula is C12H12N2O5S. The second kappa shape index (κ2) is 5.25. The molecule has 0 radical (unpaired) electrons. The van der Waals surface area contributed by atoms with E-state index >= 15 is 0 Å². The smallest absolute Gasteiger partial charge is 0.305 e. The van der Waals surface area contributed by atoms with Crippen molar-refractivity contribution in [3.63, 3.8) is 0 Å². The molecule has 7 nitrogen and oxygen atoms in total. The second-order valence-electron chi connectivity index (χ2n) is 4.09. The van der Waals surface area contributed by atoms with Crippen molar-refractivity contribution in [3.8, 4) is 17.2 Å². The molecule has 5 N–H and O–H groups in total. The van der Waals surface area contributed by atoms with Gasteiger partial charge in [-0.05, 0) is 6.92 Å². The minimum Gasteiger partial charge on any atom is -0.508 e. The van der Waals surface area contributed by atoms with Gasteiger partial charge in [-0.25, -0.2) is 0 Å². The first-order valence-electron chi connectivity index (χ1n) is 5.60. The van der Waals surface area contributed by atoms with E-state index in [-0.39, 0.29) is 39.9 Å². The Kier molecular flexibility index (Phi) is 3.66. The molecule has 2 rings (SSSR count). The van der Waals surface area contributed by atoms with E-state index in [9.17, 15) is 19.8 Å². The normalized spacial score (nSPS) is 10.4. The Balaban J connectivity index is 2.15. The highest BCUT2D eigenvalue weighted by Gasteiger charge is 2.15. The predicted octanol–water partition coefficient (Wildman–Crippen LogP) is 0.792. The molecular weight excluding hydrogens is 284 g/mol. The number of amides is 1. The van der Waals surface area contributed by atoms with E-state index in [0.717, 1.165) is 23.5 Å². The Labute approximate surface area is 117 Å². The number of hydrogen-bond acceptors (Lipinski definition) is 6. The fraction of sp³-hybridized carbons (Fsp3) is 0.167. The van der Waals surface area contributed by atoms with E-state index in [4.69, 9.17) is 5.11 Å². The highest BCUT2D eigenvalue weighted by molar-refractivity contribution is 7.09. The van der Waals surface area contributed by atoms with Crippen LogP contribution in [0.2, 0.25) is 0 Å². The van der Waals surface area contributed by atoms with E-state index in [2.05, 4.69) is 10.3 Å². The zero-order valence-corrected chi connectivity index (χ0v) is 11.2. The Bertz CT molecular complexity index is 696. The number of aromatic hydroxyl groups is 3. The summed E-state index contributed by atoms with van der Waals surface area (Å²) in [5.41, 5.74) is 0.226. The largest absolute Gasteiger partial charge is 0.508 e. The summed E-state index contributed by atoms with van der Waals surface area (Å²) < 4.78 is 0. The first kappa shape index (κ1) is 13.9. The number of aromatic amines is 1. The van der Waals surface area contributed by atoms with Gasteiger partial charge in [0.1, 0.15) is 22.9 Å². The van der Waals surface area contributed by atoms with Crippen molar-refractivity contribution < 1.29 is 20.1 Å². The van der Waals surface area contributed by atoms with Crippen molar-refractivity contribution in [1.29, 1.82) is 0 Å². The molecule has 0 aliphatic rings. The summed E-state index contributed by atoms with van der Waals surface area (Å²) in [5, 5.41) is 30.8. The van der Waals surface area contributed by atoms with Gasteiger partial charge in [-0.3, -0.25) is 9.59 Å². The van der Waals surface area contributed by atoms with Gasteiger partial charge < -0.3 is 25.6 Å². The van der Waals surface area contributed by atoms with Crippen molar-refractivity contribution >= 4 is 17.2 Å². The van der Waals surface area contributed by atoms with E-state index in [1.54, 1.807) is 6.92 Å². The van der Waals surface area contributed by atoms with Gasteiger partial charge in [-0.15, -0.1) is 0 Å². The molecule has 0 aliphatic heterocycles. The molecule has 2 aromatic rings. The van der Waals surface area contributed by atoms with Gasteiger partial charge >= 0.3 is 4.87 Å². The third-order valence-corrected chi connectivity index (χ3v) is 3.46. The topological polar surface area (TPSA) is 123 Å². The molecule has 0 bridgehead atoms. The average molecular weight is 296 g/mol. The van der Waals surface area contributed by atoms with E-state index < -0.39 is 5.91 Å². The number of phenolic OH excluding ortho intramolecular Hbond substituents is 3. The Morgan fingerprint density at radius 2 is 1.90 bits per heavy atom. The summed E-state index contributed by atoms with van der Waals surface area (Å²) in [6.45, 7) is 1.49. The lowest BCUT2D eigenvalue weighted by Gasteiger charge is -2.09. The van der Waals surface area contributed by atoms with Gasteiger partial charge in [-0.1, -0.05) is 11.3 Å². The standard InChI is InChI=1S/C12H12N2O5S/c1-5-10(14-12(19)20-5)11(18)13-4-7-8(16)2-6(15)3-9(7)17/h2-3,15-17H,4H2,1H3,(H,13,18)(H,14,19). The van der Waals surface area contributed by atoms with Crippen LogP contribution in [-0.2, 0) is 6.54 Å². The number of phenols is 3. The average Bonchev–Trinajstić information content (AvgIpc) is 2.66. The summed E-state index contributed by atoms with van der Waals surface area (Å²) >= 11 is 0.924. The molecule has 106 valence electrons. The number of hydrogen-bond donors (Lipinski definition) is 5. The van der Waals surface area contributed by atoms with Crippen LogP contribution in [0.25, 0.3) is 0 Å². The van der Waals surface area contributed by atoms with Gasteiger partial charge in [0.2, 0.25) is 0 Å². The SMILES string of the molecule is Cc1sc(=O)[nH]c1C(=O)NCc1c(O)cc(O)cc1O. The number of aryl methyl sites for hydroxylation is 1. The van der Waals surface area contributed by atoms with Crippen LogP contribution in [0.5, 0.6) is 17.2 Å².